The number of rotatable bonds is 5. The Hall–Kier alpha value is -1.90. The first-order valence-corrected chi connectivity index (χ1v) is 10.5. The molecule has 4 rings (SSSR count). The van der Waals surface area contributed by atoms with E-state index < -0.39 is 0 Å². The number of morpholine rings is 1. The van der Waals surface area contributed by atoms with Gasteiger partial charge in [0.15, 0.2) is 0 Å². The van der Waals surface area contributed by atoms with Crippen molar-refractivity contribution >= 4 is 17.5 Å². The summed E-state index contributed by atoms with van der Waals surface area (Å²) >= 11 is 0. The molecule has 2 atom stereocenters. The minimum absolute atomic E-state index is 0.0526. The van der Waals surface area contributed by atoms with Gasteiger partial charge in [-0.25, -0.2) is 9.78 Å². The first-order chi connectivity index (χ1) is 13.7. The second kappa shape index (κ2) is 9.07. The summed E-state index contributed by atoms with van der Waals surface area (Å²) < 4.78 is 5.38. The largest absolute Gasteiger partial charge is 0.395 e. The third-order valence-electron chi connectivity index (χ3n) is 6.13. The monoisotopic (exact) mass is 389 g/mol. The molecule has 0 aliphatic carbocycles. The molecule has 1 aromatic heterocycles. The molecule has 0 aromatic carbocycles. The van der Waals surface area contributed by atoms with Gasteiger partial charge in [-0.3, -0.25) is 4.90 Å². The highest BCUT2D eigenvalue weighted by molar-refractivity contribution is 5.89. The maximum Gasteiger partial charge on any atom is 0.322 e. The van der Waals surface area contributed by atoms with Gasteiger partial charge in [-0.05, 0) is 44.4 Å². The number of nitrogens with zero attached hydrogens (tertiary/aromatic N) is 4. The number of urea groups is 1. The quantitative estimate of drug-likeness (QED) is 0.792. The summed E-state index contributed by atoms with van der Waals surface area (Å²) in [5, 5.41) is 12.6. The second-order valence-corrected chi connectivity index (χ2v) is 7.90. The summed E-state index contributed by atoms with van der Waals surface area (Å²) in [4.78, 5) is 23.8. The Bertz CT molecular complexity index is 650. The van der Waals surface area contributed by atoms with E-state index in [9.17, 15) is 9.90 Å². The number of ether oxygens (including phenoxy) is 1. The molecule has 154 valence electrons. The van der Waals surface area contributed by atoms with E-state index in [4.69, 9.17) is 4.74 Å². The molecule has 28 heavy (non-hydrogen) atoms. The highest BCUT2D eigenvalue weighted by Gasteiger charge is 2.33. The molecular weight excluding hydrogens is 358 g/mol. The number of aliphatic hydroxyl groups is 1. The van der Waals surface area contributed by atoms with Crippen molar-refractivity contribution in [2.45, 2.75) is 37.8 Å². The van der Waals surface area contributed by atoms with Gasteiger partial charge in [-0.1, -0.05) is 0 Å². The number of nitrogens with one attached hydrogen (secondary N) is 1. The third kappa shape index (κ3) is 4.39. The summed E-state index contributed by atoms with van der Waals surface area (Å²) in [6, 6.07) is 4.29. The number of aliphatic hydroxyl groups excluding tert-OH is 1. The lowest BCUT2D eigenvalue weighted by molar-refractivity contribution is 0.122. The second-order valence-electron chi connectivity index (χ2n) is 7.90. The first kappa shape index (κ1) is 19.4. The zero-order valence-corrected chi connectivity index (χ0v) is 16.4. The molecule has 1 aromatic rings. The molecule has 8 nitrogen and oxygen atoms in total. The minimum atomic E-state index is -0.0526. The number of hydrogen-bond donors (Lipinski definition) is 2. The SMILES string of the molecule is O=C(Nc1ccc(N2CCOCC2)nc1)N1CCC[C@H]1CN1CCC[C@H]1CO. The van der Waals surface area contributed by atoms with Crippen LogP contribution in [0.1, 0.15) is 25.7 Å². The summed E-state index contributed by atoms with van der Waals surface area (Å²) in [7, 11) is 0. The van der Waals surface area contributed by atoms with Crippen LogP contribution in [0, 0.1) is 0 Å². The maximum atomic E-state index is 12.8. The number of aromatic nitrogens is 1. The zero-order chi connectivity index (χ0) is 19.3. The predicted molar refractivity (Wildman–Crippen MR) is 108 cm³/mol. The normalized spacial score (nSPS) is 26.0. The molecule has 3 saturated heterocycles. The number of likely N-dealkylation sites (tertiary alicyclic amines) is 2. The molecule has 0 saturated carbocycles. The van der Waals surface area contributed by atoms with E-state index in [-0.39, 0.29) is 24.7 Å². The van der Waals surface area contributed by atoms with Crippen molar-refractivity contribution < 1.29 is 14.6 Å². The molecular formula is C20H31N5O3. The van der Waals surface area contributed by atoms with E-state index in [1.807, 2.05) is 17.0 Å². The summed E-state index contributed by atoms with van der Waals surface area (Å²) in [6.45, 7) is 6.01. The van der Waals surface area contributed by atoms with Crippen molar-refractivity contribution in [2.24, 2.45) is 0 Å². The summed E-state index contributed by atoms with van der Waals surface area (Å²) in [6.07, 6.45) is 5.97. The van der Waals surface area contributed by atoms with Crippen molar-refractivity contribution in [2.75, 3.05) is 62.8 Å². The van der Waals surface area contributed by atoms with Gasteiger partial charge in [0, 0.05) is 38.3 Å². The topological polar surface area (TPSA) is 81.2 Å². The lowest BCUT2D eigenvalue weighted by Crippen LogP contribution is -2.46. The molecule has 3 aliphatic heterocycles. The highest BCUT2D eigenvalue weighted by atomic mass is 16.5. The summed E-state index contributed by atoms with van der Waals surface area (Å²) in [5.74, 6) is 0.921. The molecule has 4 heterocycles. The van der Waals surface area contributed by atoms with Gasteiger partial charge in [0.2, 0.25) is 0 Å². The Balaban J connectivity index is 1.33. The molecule has 8 heteroatoms. The smallest absolute Gasteiger partial charge is 0.322 e. The fraction of sp³-hybridized carbons (Fsp3) is 0.700. The van der Waals surface area contributed by atoms with Crippen LogP contribution in [0.2, 0.25) is 0 Å². The van der Waals surface area contributed by atoms with Crippen LogP contribution in [0.3, 0.4) is 0 Å². The molecule has 2 amide bonds. The van der Waals surface area contributed by atoms with Crippen molar-refractivity contribution in [3.05, 3.63) is 18.3 Å². The Morgan fingerprint density at radius 2 is 1.93 bits per heavy atom. The average molecular weight is 390 g/mol. The Morgan fingerprint density at radius 1 is 1.14 bits per heavy atom. The van der Waals surface area contributed by atoms with Gasteiger partial charge < -0.3 is 25.0 Å². The minimum Gasteiger partial charge on any atom is -0.395 e. The molecule has 0 bridgehead atoms. The van der Waals surface area contributed by atoms with E-state index in [2.05, 4.69) is 20.1 Å². The predicted octanol–water partition coefficient (Wildman–Crippen LogP) is 1.37. The fourth-order valence-electron chi connectivity index (χ4n) is 4.54. The standard InChI is InChI=1S/C20H31N5O3/c26-15-18-4-1-7-24(18)14-17-3-2-8-25(17)20(27)22-16-5-6-19(21-13-16)23-9-11-28-12-10-23/h5-6,13,17-18,26H,1-4,7-12,14-15H2,(H,22,27)/t17-,18-/m0/s1. The van der Waals surface area contributed by atoms with Crippen LogP contribution >= 0.6 is 0 Å². The molecule has 0 radical (unpaired) electrons. The van der Waals surface area contributed by atoms with Gasteiger partial charge in [0.1, 0.15) is 5.82 Å². The third-order valence-corrected chi connectivity index (χ3v) is 6.13. The molecule has 2 N–H and O–H groups in total. The van der Waals surface area contributed by atoms with Crippen molar-refractivity contribution in [3.8, 4) is 0 Å². The lowest BCUT2D eigenvalue weighted by atomic mass is 10.2. The van der Waals surface area contributed by atoms with Crippen LogP contribution in [0.25, 0.3) is 0 Å². The summed E-state index contributed by atoms with van der Waals surface area (Å²) in [5.41, 5.74) is 0.724. The van der Waals surface area contributed by atoms with Gasteiger partial charge in [-0.15, -0.1) is 0 Å². The van der Waals surface area contributed by atoms with Gasteiger partial charge in [0.25, 0.3) is 0 Å². The van der Waals surface area contributed by atoms with Crippen LogP contribution in [-0.2, 0) is 4.74 Å². The van der Waals surface area contributed by atoms with Crippen LogP contribution in [-0.4, -0.2) is 90.5 Å². The van der Waals surface area contributed by atoms with Crippen molar-refractivity contribution in [1.82, 2.24) is 14.8 Å². The van der Waals surface area contributed by atoms with E-state index in [0.717, 1.165) is 83.1 Å². The van der Waals surface area contributed by atoms with Crippen molar-refractivity contribution in [1.29, 1.82) is 0 Å². The van der Waals surface area contributed by atoms with Gasteiger partial charge >= 0.3 is 6.03 Å². The van der Waals surface area contributed by atoms with E-state index >= 15 is 0 Å². The number of amides is 2. The number of carbonyl (C=O) groups is 1. The van der Waals surface area contributed by atoms with Crippen LogP contribution < -0.4 is 10.2 Å². The van der Waals surface area contributed by atoms with Crippen molar-refractivity contribution in [3.63, 3.8) is 0 Å². The Morgan fingerprint density at radius 3 is 2.68 bits per heavy atom. The van der Waals surface area contributed by atoms with Crippen LogP contribution in [0.4, 0.5) is 16.3 Å². The van der Waals surface area contributed by atoms with E-state index in [1.54, 1.807) is 6.20 Å². The Kier molecular flexibility index (Phi) is 6.29. The number of hydrogen-bond acceptors (Lipinski definition) is 6. The fourth-order valence-corrected chi connectivity index (χ4v) is 4.54. The van der Waals surface area contributed by atoms with Gasteiger partial charge in [0.05, 0.1) is 31.7 Å². The van der Waals surface area contributed by atoms with E-state index in [0.29, 0.717) is 0 Å². The molecule has 0 unspecified atom stereocenters. The maximum absolute atomic E-state index is 12.8. The zero-order valence-electron chi connectivity index (χ0n) is 16.4. The van der Waals surface area contributed by atoms with E-state index in [1.165, 1.54) is 0 Å². The number of carbonyl (C=O) groups excluding carboxylic acids is 1. The molecule has 0 spiro atoms. The number of pyridine rings is 1. The first-order valence-electron chi connectivity index (χ1n) is 10.5. The van der Waals surface area contributed by atoms with Crippen LogP contribution in [0.15, 0.2) is 18.3 Å². The highest BCUT2D eigenvalue weighted by Crippen LogP contribution is 2.24. The Labute approximate surface area is 166 Å². The molecule has 3 fully saturated rings. The van der Waals surface area contributed by atoms with Crippen LogP contribution in [0.5, 0.6) is 0 Å². The lowest BCUT2D eigenvalue weighted by Gasteiger charge is -2.31. The van der Waals surface area contributed by atoms with Gasteiger partial charge in [-0.2, -0.15) is 0 Å². The molecule has 3 aliphatic rings. The average Bonchev–Trinajstić information content (AvgIpc) is 3.39. The number of anilines is 2.